The highest BCUT2D eigenvalue weighted by Gasteiger charge is 2.35. The van der Waals surface area contributed by atoms with Crippen LogP contribution in [0.1, 0.15) is 69.8 Å². The normalized spacial score (nSPS) is 12.6. The second-order valence-corrected chi connectivity index (χ2v) is 38.2. The quantitative estimate of drug-likeness (QED) is 0.0535. The number of para-hydroxylation sites is 8. The predicted octanol–water partition coefficient (Wildman–Crippen LogP) is 37.0. The van der Waals surface area contributed by atoms with E-state index in [1.165, 1.54) is 124 Å². The minimum absolute atomic E-state index is 0.122. The molecule has 0 bridgehead atoms. The average Bonchev–Trinajstić information content (AvgIpc) is 0.734. The van der Waals surface area contributed by atoms with Crippen LogP contribution >= 0.6 is 23.9 Å². The molecule has 2 aliphatic carbocycles. The molecule has 20 aromatic carbocycles. The Hall–Kier alpha value is -15.1. The van der Waals surface area contributed by atoms with Crippen molar-refractivity contribution in [1.82, 2.24) is 0 Å². The van der Waals surface area contributed by atoms with E-state index in [0.29, 0.717) is 0 Å². The number of nitrogens with one attached hydrogen (secondary N) is 1. The Morgan fingerprint density at radius 3 is 0.919 bits per heavy atom. The number of hydrogen-bond donors (Lipinski definition) is 1. The summed E-state index contributed by atoms with van der Waals surface area (Å²) in [6.07, 6.45) is 14.4. The molecule has 0 heterocycles. The van der Waals surface area contributed by atoms with E-state index in [9.17, 15) is 0 Å². The van der Waals surface area contributed by atoms with E-state index in [-0.39, 0.29) is 7.92 Å². The standard InChI is InChI=1S/C50H37N3.C36H29N3.C26H35OP.C14H9Br/c1-5-18-39(19-6-1)51(40-20-7-2-8-21-40)43-29-31-44(32-30-43)52(41-22-9-3-10-23-41)45-33-35-46(36-34-45)53(42-24-11-4-12-25-42)50-37-38-17-13-14-26-47(38)48-27-15-16-28-49(48)50;1-5-13-29(14-6-1)37-30-21-23-34(24-22-30)39(33-19-11-4-12-20-33)36-27-25-35(26-28-36)38(31-15-7-2-8-16-31)32-17-9-3-10-18-32;1-20-12-11-18-24(27-2)26(20)23-17-9-10-19-25(23)28(21-13-5-3-6-14-21)22-15-7-4-8-16-22;15-14-9-10-5-1-2-6-11(10)12-7-3-4-8-13(12)14/h1-37H;1-28,37H;9-12,17-19,21-22H,3-8,13-16H2,1-2H3;1-9H. The van der Waals surface area contributed by atoms with E-state index in [1.54, 1.807) is 5.30 Å². The Labute approximate surface area is 805 Å². The molecule has 135 heavy (non-hydrogen) atoms. The van der Waals surface area contributed by atoms with E-state index >= 15 is 0 Å². The molecule has 1 N–H and O–H groups in total. The lowest BCUT2D eigenvalue weighted by Gasteiger charge is -2.39. The number of methoxy groups -OCH3 is 1. The van der Waals surface area contributed by atoms with Gasteiger partial charge in [0.1, 0.15) is 5.75 Å². The van der Waals surface area contributed by atoms with Gasteiger partial charge in [-0.15, -0.1) is 0 Å². The molecular weight excluding hydrogens is 1720 g/mol. The van der Waals surface area contributed by atoms with Crippen LogP contribution in [0, 0.1) is 6.92 Å². The summed E-state index contributed by atoms with van der Waals surface area (Å²) in [5, 5.41) is 15.2. The maximum atomic E-state index is 5.81. The zero-order chi connectivity index (χ0) is 91.3. The van der Waals surface area contributed by atoms with Crippen molar-refractivity contribution in [3.63, 3.8) is 0 Å². The second kappa shape index (κ2) is 43.5. The summed E-state index contributed by atoms with van der Waals surface area (Å²) < 4.78 is 6.98. The number of rotatable bonds is 22. The van der Waals surface area contributed by atoms with Crippen molar-refractivity contribution in [3.05, 3.63) is 501 Å². The highest BCUT2D eigenvalue weighted by atomic mass is 79.9. The van der Waals surface area contributed by atoms with E-state index in [0.717, 1.165) is 118 Å². The van der Waals surface area contributed by atoms with Crippen LogP contribution in [-0.2, 0) is 0 Å². The number of benzene rings is 20. The molecule has 20 aromatic rings. The summed E-state index contributed by atoms with van der Waals surface area (Å²) in [7, 11) is 1.69. The molecular formula is C126H110BrN6OP. The Morgan fingerprint density at radius 1 is 0.252 bits per heavy atom. The van der Waals surface area contributed by atoms with Crippen molar-refractivity contribution in [1.29, 1.82) is 0 Å². The fourth-order valence-electron chi connectivity index (χ4n) is 19.6. The highest BCUT2D eigenvalue weighted by Crippen LogP contribution is 2.57. The van der Waals surface area contributed by atoms with Gasteiger partial charge in [0.15, 0.2) is 0 Å². The highest BCUT2D eigenvalue weighted by molar-refractivity contribution is 9.10. The predicted molar refractivity (Wildman–Crippen MR) is 584 cm³/mol. The SMILES string of the molecule is Brc1cc2ccccc2c2ccccc12.COc1cccc(C)c1-c1ccccc1P(C1CCCCC1)C1CCCCC1.c1ccc(N(c2ccccc2)c2ccc(N(c3ccccc3)c3ccc(N(c4ccccc4)c4cc5ccccc5c5ccccc45)cc3)cc2)cc1.c1ccc(Nc2ccc(N(c3ccccc3)c3ccc(N(c4ccccc4)c4ccccc4)cc3)cc2)cc1. The first-order valence-corrected chi connectivity index (χ1v) is 49.7. The Bertz CT molecular complexity index is 7110. The first kappa shape index (κ1) is 89.2. The van der Waals surface area contributed by atoms with Crippen molar-refractivity contribution >= 4 is 169 Å². The molecule has 0 aliphatic heterocycles. The Morgan fingerprint density at radius 2 is 0.533 bits per heavy atom. The third-order valence-corrected chi connectivity index (χ3v) is 30.1. The zero-order valence-corrected chi connectivity index (χ0v) is 78.9. The van der Waals surface area contributed by atoms with Crippen molar-refractivity contribution in [2.75, 3.05) is 36.9 Å². The van der Waals surface area contributed by atoms with Gasteiger partial charge in [-0.3, -0.25) is 0 Å². The third-order valence-electron chi connectivity index (χ3n) is 25.9. The molecule has 2 aliphatic rings. The Balaban J connectivity index is 0.000000125. The topological polar surface area (TPSA) is 37.5 Å². The molecule has 0 unspecified atom stereocenters. The minimum Gasteiger partial charge on any atom is -0.496 e. The van der Waals surface area contributed by atoms with Gasteiger partial charge in [0.05, 0.1) is 12.8 Å². The van der Waals surface area contributed by atoms with Gasteiger partial charge in [-0.1, -0.05) is 341 Å². The smallest absolute Gasteiger partial charge is 0.126 e. The first-order valence-electron chi connectivity index (χ1n) is 47.4. The second-order valence-electron chi connectivity index (χ2n) is 34.6. The van der Waals surface area contributed by atoms with Gasteiger partial charge >= 0.3 is 0 Å². The largest absolute Gasteiger partial charge is 0.496 e. The summed E-state index contributed by atoms with van der Waals surface area (Å²) in [6.45, 7) is 2.23. The summed E-state index contributed by atoms with van der Waals surface area (Å²) in [5.74, 6) is 1.02. The number of hydrogen-bond acceptors (Lipinski definition) is 7. The number of fused-ring (bicyclic) bond motifs is 6. The molecule has 7 nitrogen and oxygen atoms in total. The molecule has 2 saturated carbocycles. The van der Waals surface area contributed by atoms with Crippen molar-refractivity contribution < 1.29 is 4.74 Å². The van der Waals surface area contributed by atoms with Crippen LogP contribution in [0.25, 0.3) is 54.2 Å². The van der Waals surface area contributed by atoms with E-state index in [2.05, 4.69) is 514 Å². The maximum absolute atomic E-state index is 5.81. The summed E-state index contributed by atoms with van der Waals surface area (Å²) in [4.78, 5) is 11.6. The van der Waals surface area contributed by atoms with Crippen LogP contribution in [0.4, 0.5) is 96.7 Å². The van der Waals surface area contributed by atoms with E-state index in [4.69, 9.17) is 4.74 Å². The molecule has 0 radical (unpaired) electrons. The monoisotopic (exact) mass is 1830 g/mol. The molecule has 22 rings (SSSR count). The van der Waals surface area contributed by atoms with Crippen molar-refractivity contribution in [2.24, 2.45) is 0 Å². The van der Waals surface area contributed by atoms with Crippen LogP contribution in [0.2, 0.25) is 0 Å². The fourth-order valence-corrected chi connectivity index (χ4v) is 24.1. The van der Waals surface area contributed by atoms with Crippen LogP contribution in [-0.4, -0.2) is 18.4 Å². The van der Waals surface area contributed by atoms with Gasteiger partial charge in [-0.2, -0.15) is 0 Å². The average molecular weight is 1840 g/mol. The van der Waals surface area contributed by atoms with E-state index in [1.807, 2.05) is 37.4 Å². The van der Waals surface area contributed by atoms with Gasteiger partial charge in [0.25, 0.3) is 0 Å². The summed E-state index contributed by atoms with van der Waals surface area (Å²) >= 11 is 3.62. The zero-order valence-electron chi connectivity index (χ0n) is 76.5. The van der Waals surface area contributed by atoms with Crippen LogP contribution < -0.4 is 39.9 Å². The molecule has 0 saturated heterocycles. The molecule has 0 amide bonds. The number of halogens is 1. The summed E-state index contributed by atoms with van der Waals surface area (Å²) in [5.41, 5.74) is 24.6. The molecule has 0 spiro atoms. The molecule has 0 aromatic heterocycles. The lowest BCUT2D eigenvalue weighted by Crippen LogP contribution is -2.27. The van der Waals surface area contributed by atoms with Gasteiger partial charge < -0.3 is 34.6 Å². The lowest BCUT2D eigenvalue weighted by molar-refractivity contribution is 0.416. The van der Waals surface area contributed by atoms with Crippen LogP contribution in [0.5, 0.6) is 5.75 Å². The number of anilines is 17. The van der Waals surface area contributed by atoms with Gasteiger partial charge in [0.2, 0.25) is 0 Å². The van der Waals surface area contributed by atoms with Crippen LogP contribution in [0.3, 0.4) is 0 Å². The number of aryl methyl sites for hydroxylation is 1. The van der Waals surface area contributed by atoms with Gasteiger partial charge in [0, 0.05) is 106 Å². The molecule has 0 atom stereocenters. The number of nitrogens with zero attached hydrogens (tertiary/aromatic N) is 5. The lowest BCUT2D eigenvalue weighted by atomic mass is 9.99. The van der Waals surface area contributed by atoms with E-state index < -0.39 is 0 Å². The third kappa shape index (κ3) is 20.8. The number of ether oxygens (including phenoxy) is 1. The maximum Gasteiger partial charge on any atom is 0.126 e. The minimum atomic E-state index is -0.122. The van der Waals surface area contributed by atoms with Gasteiger partial charge in [-0.05, 0) is 310 Å². The molecule has 9 heteroatoms. The van der Waals surface area contributed by atoms with Crippen molar-refractivity contribution in [3.8, 4) is 16.9 Å². The Kier molecular flexibility index (Phi) is 28.8. The molecule has 662 valence electrons. The van der Waals surface area contributed by atoms with Gasteiger partial charge in [-0.25, -0.2) is 0 Å². The molecule has 2 fully saturated rings. The first-order chi connectivity index (χ1) is 66.8. The van der Waals surface area contributed by atoms with Crippen molar-refractivity contribution in [2.45, 2.75) is 82.4 Å². The van der Waals surface area contributed by atoms with Crippen LogP contribution in [0.15, 0.2) is 496 Å². The fraction of sp³-hybridized carbons (Fsp3) is 0.111. The summed E-state index contributed by atoms with van der Waals surface area (Å²) in [6, 6.07) is 174.